The molecule has 4 rings (SSSR count). The predicted octanol–water partition coefficient (Wildman–Crippen LogP) is 4.85. The number of halogens is 1. The number of aliphatic carboxylic acids is 1. The van der Waals surface area contributed by atoms with Gasteiger partial charge in [0.25, 0.3) is 11.8 Å². The van der Waals surface area contributed by atoms with E-state index >= 15 is 0 Å². The fraction of sp³-hybridized carbons (Fsp3) is 0.240. The van der Waals surface area contributed by atoms with Crippen LogP contribution in [0, 0.1) is 5.82 Å². The van der Waals surface area contributed by atoms with E-state index in [1.54, 1.807) is 31.2 Å². The summed E-state index contributed by atoms with van der Waals surface area (Å²) < 4.78 is 20.7. The van der Waals surface area contributed by atoms with Crippen molar-refractivity contribution in [3.63, 3.8) is 0 Å². The Bertz CT molecular complexity index is 1300. The minimum atomic E-state index is -1.17. The molecule has 0 fully saturated rings. The molecular weight excluding hydrogens is 429 g/mol. The van der Waals surface area contributed by atoms with Crippen LogP contribution in [0.4, 0.5) is 10.1 Å². The van der Waals surface area contributed by atoms with Gasteiger partial charge < -0.3 is 14.9 Å². The van der Waals surface area contributed by atoms with Crippen LogP contribution in [-0.2, 0) is 4.79 Å². The van der Waals surface area contributed by atoms with Crippen molar-refractivity contribution in [2.45, 2.75) is 32.6 Å². The van der Waals surface area contributed by atoms with Crippen molar-refractivity contribution in [3.05, 3.63) is 65.0 Å². The molecule has 2 N–H and O–H groups in total. The van der Waals surface area contributed by atoms with E-state index in [4.69, 9.17) is 4.74 Å². The second-order valence-corrected chi connectivity index (χ2v) is 7.77. The van der Waals surface area contributed by atoms with Crippen molar-refractivity contribution >= 4 is 34.2 Å². The Morgan fingerprint density at radius 1 is 1.06 bits per heavy atom. The molecule has 7 nitrogen and oxygen atoms in total. The second kappa shape index (κ2) is 8.54. The molecule has 0 saturated heterocycles. The van der Waals surface area contributed by atoms with Gasteiger partial charge in [-0.2, -0.15) is 0 Å². The van der Waals surface area contributed by atoms with Crippen LogP contribution in [0.15, 0.2) is 42.5 Å². The molecule has 8 heteroatoms. The molecule has 0 bridgehead atoms. The van der Waals surface area contributed by atoms with Gasteiger partial charge in [-0.05, 0) is 25.0 Å². The lowest BCUT2D eigenvalue weighted by atomic mass is 9.96. The van der Waals surface area contributed by atoms with E-state index < -0.39 is 29.5 Å². The molecule has 0 aromatic heterocycles. The summed E-state index contributed by atoms with van der Waals surface area (Å²) >= 11 is 0. The highest BCUT2D eigenvalue weighted by atomic mass is 19.1. The van der Waals surface area contributed by atoms with E-state index in [0.29, 0.717) is 23.8 Å². The van der Waals surface area contributed by atoms with Gasteiger partial charge in [-0.25, -0.2) is 9.29 Å². The van der Waals surface area contributed by atoms with Crippen molar-refractivity contribution in [2.75, 3.05) is 11.5 Å². The standard InChI is InChI=1S/C25H22FNO6/c1-3-11-33-22-17-8-6-5-7-16(17)21(28)19-20(22)24(30)27(23(19)29)13-9-10-15(18(26)12-13)14(4-2)25(31)32/h5-10,12,14,28H,3-4,11H2,1-2H3,(H,31,32). The normalized spacial score (nSPS) is 14.0. The Balaban J connectivity index is 1.86. The Morgan fingerprint density at radius 2 is 1.73 bits per heavy atom. The summed E-state index contributed by atoms with van der Waals surface area (Å²) in [6.45, 7) is 3.81. The largest absolute Gasteiger partial charge is 0.506 e. The monoisotopic (exact) mass is 451 g/mol. The third-order valence-electron chi connectivity index (χ3n) is 5.75. The minimum Gasteiger partial charge on any atom is -0.506 e. The highest BCUT2D eigenvalue weighted by molar-refractivity contribution is 6.38. The highest BCUT2D eigenvalue weighted by Gasteiger charge is 2.43. The molecular formula is C25H22FNO6. The molecule has 0 spiro atoms. The van der Waals surface area contributed by atoms with Gasteiger partial charge in [-0.3, -0.25) is 14.4 Å². The van der Waals surface area contributed by atoms with Gasteiger partial charge in [0.2, 0.25) is 0 Å². The van der Waals surface area contributed by atoms with E-state index in [1.165, 1.54) is 12.1 Å². The second-order valence-electron chi connectivity index (χ2n) is 7.77. The number of carboxylic acids is 1. The quantitative estimate of drug-likeness (QED) is 0.498. The maximum absolute atomic E-state index is 14.8. The Morgan fingerprint density at radius 3 is 2.33 bits per heavy atom. The van der Waals surface area contributed by atoms with Crippen LogP contribution in [0.2, 0.25) is 0 Å². The summed E-state index contributed by atoms with van der Waals surface area (Å²) in [5, 5.41) is 21.0. The number of imide groups is 1. The molecule has 0 aliphatic carbocycles. The van der Waals surface area contributed by atoms with Gasteiger partial charge in [0.15, 0.2) is 0 Å². The first-order valence-corrected chi connectivity index (χ1v) is 10.6. The predicted molar refractivity (Wildman–Crippen MR) is 120 cm³/mol. The molecule has 33 heavy (non-hydrogen) atoms. The molecule has 1 aliphatic rings. The zero-order chi connectivity index (χ0) is 23.9. The fourth-order valence-electron chi connectivity index (χ4n) is 4.17. The lowest BCUT2D eigenvalue weighted by Crippen LogP contribution is -2.29. The van der Waals surface area contributed by atoms with Crippen LogP contribution < -0.4 is 9.64 Å². The van der Waals surface area contributed by atoms with Gasteiger partial charge in [-0.15, -0.1) is 0 Å². The number of carboxylic acid groups (broad SMARTS) is 1. The number of carbonyl (C=O) groups is 3. The molecule has 1 heterocycles. The number of aromatic hydroxyl groups is 1. The smallest absolute Gasteiger partial charge is 0.311 e. The number of carbonyl (C=O) groups excluding carboxylic acids is 2. The summed E-state index contributed by atoms with van der Waals surface area (Å²) in [4.78, 5) is 38.8. The Hall–Kier alpha value is -3.94. The molecule has 170 valence electrons. The third-order valence-corrected chi connectivity index (χ3v) is 5.75. The van der Waals surface area contributed by atoms with Crippen molar-refractivity contribution in [2.24, 2.45) is 0 Å². The zero-order valence-electron chi connectivity index (χ0n) is 18.1. The van der Waals surface area contributed by atoms with Crippen molar-refractivity contribution in [1.29, 1.82) is 0 Å². The van der Waals surface area contributed by atoms with Gasteiger partial charge in [0, 0.05) is 16.3 Å². The number of nitrogens with zero attached hydrogens (tertiary/aromatic N) is 1. The van der Waals surface area contributed by atoms with Crippen molar-refractivity contribution < 1.29 is 33.7 Å². The van der Waals surface area contributed by atoms with Gasteiger partial charge in [-0.1, -0.05) is 44.2 Å². The van der Waals surface area contributed by atoms with Crippen LogP contribution in [-0.4, -0.2) is 34.6 Å². The summed E-state index contributed by atoms with van der Waals surface area (Å²) in [6.07, 6.45) is 0.835. The van der Waals surface area contributed by atoms with Crippen molar-refractivity contribution in [1.82, 2.24) is 0 Å². The molecule has 3 aromatic carbocycles. The first-order chi connectivity index (χ1) is 15.8. The Kier molecular flexibility index (Phi) is 5.76. The van der Waals surface area contributed by atoms with Crippen LogP contribution in [0.3, 0.4) is 0 Å². The number of fused-ring (bicyclic) bond motifs is 2. The molecule has 1 aliphatic heterocycles. The summed E-state index contributed by atoms with van der Waals surface area (Å²) in [6, 6.07) is 10.3. The number of anilines is 1. The summed E-state index contributed by atoms with van der Waals surface area (Å²) in [7, 11) is 0. The van der Waals surface area contributed by atoms with E-state index in [2.05, 4.69) is 0 Å². The van der Waals surface area contributed by atoms with Gasteiger partial charge in [0.1, 0.15) is 17.3 Å². The minimum absolute atomic E-state index is 0.0362. The first-order valence-electron chi connectivity index (χ1n) is 10.6. The average Bonchev–Trinajstić information content (AvgIpc) is 3.05. The molecule has 0 saturated carbocycles. The number of phenolic OH excluding ortho intramolecular Hbond substituents is 1. The summed E-state index contributed by atoms with van der Waals surface area (Å²) in [5.74, 6) is -4.77. The SMILES string of the molecule is CCCOc1c2c(c(O)c3ccccc13)C(=O)N(c1ccc(C(CC)C(=O)O)c(F)c1)C2=O. The van der Waals surface area contributed by atoms with Crippen molar-refractivity contribution in [3.8, 4) is 11.5 Å². The number of hydrogen-bond acceptors (Lipinski definition) is 5. The zero-order valence-corrected chi connectivity index (χ0v) is 18.1. The maximum atomic E-state index is 14.8. The number of rotatable bonds is 7. The van der Waals surface area contributed by atoms with E-state index in [1.807, 2.05) is 6.92 Å². The van der Waals surface area contributed by atoms with Gasteiger partial charge in [0.05, 0.1) is 29.3 Å². The van der Waals surface area contributed by atoms with Crippen LogP contribution in [0.25, 0.3) is 10.8 Å². The topological polar surface area (TPSA) is 104 Å². The number of phenols is 1. The summed E-state index contributed by atoms with van der Waals surface area (Å²) in [5.41, 5.74) is -0.379. The molecule has 0 radical (unpaired) electrons. The molecule has 1 atom stereocenters. The number of benzene rings is 3. The molecule has 1 unspecified atom stereocenters. The highest BCUT2D eigenvalue weighted by Crippen LogP contribution is 2.45. The van der Waals surface area contributed by atoms with Crippen LogP contribution in [0.1, 0.15) is 58.9 Å². The number of amides is 2. The third kappa shape index (κ3) is 3.47. The van der Waals surface area contributed by atoms with E-state index in [9.17, 15) is 29.0 Å². The van der Waals surface area contributed by atoms with E-state index in [-0.39, 0.29) is 40.3 Å². The van der Waals surface area contributed by atoms with E-state index in [0.717, 1.165) is 11.0 Å². The molecule has 3 aromatic rings. The Labute approximate surface area is 189 Å². The first kappa shape index (κ1) is 22.3. The van der Waals surface area contributed by atoms with Crippen LogP contribution >= 0.6 is 0 Å². The fourth-order valence-corrected chi connectivity index (χ4v) is 4.17. The lowest BCUT2D eigenvalue weighted by Gasteiger charge is -2.17. The lowest BCUT2D eigenvalue weighted by molar-refractivity contribution is -0.138. The van der Waals surface area contributed by atoms with Gasteiger partial charge >= 0.3 is 5.97 Å². The van der Waals surface area contributed by atoms with Crippen LogP contribution in [0.5, 0.6) is 11.5 Å². The molecule has 2 amide bonds. The number of ether oxygens (including phenoxy) is 1. The maximum Gasteiger partial charge on any atom is 0.311 e. The average molecular weight is 451 g/mol. The number of hydrogen-bond donors (Lipinski definition) is 2.